The molecule has 0 bridgehead atoms. The summed E-state index contributed by atoms with van der Waals surface area (Å²) in [5, 5.41) is 13.7. The van der Waals surface area contributed by atoms with Crippen molar-refractivity contribution in [2.24, 2.45) is 5.92 Å². The molecule has 0 radical (unpaired) electrons. The molecule has 134 valence electrons. The van der Waals surface area contributed by atoms with E-state index in [1.54, 1.807) is 24.3 Å². The largest absolute Gasteiger partial charge is 0.352 e. The summed E-state index contributed by atoms with van der Waals surface area (Å²) in [5.74, 6) is 0.200. The van der Waals surface area contributed by atoms with Gasteiger partial charge >= 0.3 is 0 Å². The van der Waals surface area contributed by atoms with Gasteiger partial charge in [0.25, 0.3) is 5.91 Å². The average molecular weight is 397 g/mol. The Morgan fingerprint density at radius 2 is 1.92 bits per heavy atom. The molecule has 0 aliphatic carbocycles. The molecule has 0 unspecified atom stereocenters. The van der Waals surface area contributed by atoms with Crippen molar-refractivity contribution < 1.29 is 9.59 Å². The minimum absolute atomic E-state index is 0.185. The van der Waals surface area contributed by atoms with Crippen LogP contribution in [-0.4, -0.2) is 40.6 Å². The lowest BCUT2D eigenvalue weighted by molar-refractivity contribution is -0.113. The molecule has 0 aliphatic rings. The Morgan fingerprint density at radius 1 is 1.20 bits per heavy atom. The minimum Gasteiger partial charge on any atom is -0.352 e. The van der Waals surface area contributed by atoms with Gasteiger partial charge in [-0.3, -0.25) is 9.59 Å². The highest BCUT2D eigenvalue weighted by Crippen LogP contribution is 2.27. The van der Waals surface area contributed by atoms with Gasteiger partial charge in [-0.05, 0) is 24.3 Å². The molecule has 0 spiro atoms. The molecular formula is C16H20N4O2S3. The molecule has 0 atom stereocenters. The summed E-state index contributed by atoms with van der Waals surface area (Å²) in [6.45, 7) is 4.65. The average Bonchev–Trinajstić information content (AvgIpc) is 3.06. The summed E-state index contributed by atoms with van der Waals surface area (Å²) < 4.78 is 1.62. The number of carbonyl (C=O) groups excluding carboxylic acids is 2. The normalized spacial score (nSPS) is 10.7. The van der Waals surface area contributed by atoms with Crippen LogP contribution in [0.4, 0.5) is 5.69 Å². The van der Waals surface area contributed by atoms with Gasteiger partial charge in [0.15, 0.2) is 8.68 Å². The van der Waals surface area contributed by atoms with Gasteiger partial charge in [0.05, 0.1) is 17.0 Å². The van der Waals surface area contributed by atoms with E-state index in [4.69, 9.17) is 0 Å². The molecule has 0 saturated heterocycles. The number of hydrogen-bond acceptors (Lipinski definition) is 7. The van der Waals surface area contributed by atoms with E-state index in [-0.39, 0.29) is 17.6 Å². The molecule has 2 amide bonds. The molecule has 9 heteroatoms. The Hall–Kier alpha value is -1.58. The highest BCUT2D eigenvalue weighted by molar-refractivity contribution is 8.03. The van der Waals surface area contributed by atoms with Crippen LogP contribution in [-0.2, 0) is 4.79 Å². The molecule has 0 aliphatic heterocycles. The summed E-state index contributed by atoms with van der Waals surface area (Å²) in [6.07, 6.45) is 1.93. The summed E-state index contributed by atoms with van der Waals surface area (Å²) >= 11 is 4.31. The Kier molecular flexibility index (Phi) is 7.73. The van der Waals surface area contributed by atoms with Gasteiger partial charge in [-0.2, -0.15) is 0 Å². The molecule has 0 saturated carbocycles. The molecule has 6 nitrogen and oxygen atoms in total. The summed E-state index contributed by atoms with van der Waals surface area (Å²) in [6, 6.07) is 6.99. The fourth-order valence-corrected chi connectivity index (χ4v) is 4.07. The Morgan fingerprint density at radius 3 is 2.60 bits per heavy atom. The first kappa shape index (κ1) is 19.7. The zero-order chi connectivity index (χ0) is 18.2. The molecule has 2 N–H and O–H groups in total. The fourth-order valence-electron chi connectivity index (χ4n) is 1.83. The first-order valence-corrected chi connectivity index (χ1v) is 10.7. The van der Waals surface area contributed by atoms with Gasteiger partial charge in [-0.25, -0.2) is 0 Å². The SMILES string of the molecule is CSc1nnc(SCC(=O)Nc2ccccc2C(=O)NCC(C)C)s1. The number of aromatic nitrogens is 2. The van der Waals surface area contributed by atoms with E-state index < -0.39 is 0 Å². The van der Waals surface area contributed by atoms with Gasteiger partial charge in [-0.1, -0.05) is 60.8 Å². The Labute approximate surface area is 159 Å². The van der Waals surface area contributed by atoms with Crippen LogP contribution in [0.15, 0.2) is 32.9 Å². The van der Waals surface area contributed by atoms with Crippen molar-refractivity contribution in [2.75, 3.05) is 23.9 Å². The predicted octanol–water partition coefficient (Wildman–Crippen LogP) is 3.38. The maximum atomic E-state index is 12.3. The first-order valence-electron chi connectivity index (χ1n) is 7.67. The topological polar surface area (TPSA) is 84.0 Å². The lowest BCUT2D eigenvalue weighted by atomic mass is 10.1. The van der Waals surface area contributed by atoms with E-state index in [1.807, 2.05) is 20.1 Å². The molecule has 1 aromatic heterocycles. The van der Waals surface area contributed by atoms with Crippen molar-refractivity contribution >= 4 is 52.4 Å². The van der Waals surface area contributed by atoms with Gasteiger partial charge in [-0.15, -0.1) is 10.2 Å². The van der Waals surface area contributed by atoms with Gasteiger partial charge in [0, 0.05) is 6.54 Å². The van der Waals surface area contributed by atoms with Crippen LogP contribution in [0.2, 0.25) is 0 Å². The number of nitrogens with zero attached hydrogens (tertiary/aromatic N) is 2. The number of anilines is 1. The van der Waals surface area contributed by atoms with Crippen LogP contribution in [0.5, 0.6) is 0 Å². The fraction of sp³-hybridized carbons (Fsp3) is 0.375. The van der Waals surface area contributed by atoms with Crippen molar-refractivity contribution in [3.8, 4) is 0 Å². The van der Waals surface area contributed by atoms with Gasteiger partial charge < -0.3 is 10.6 Å². The monoisotopic (exact) mass is 396 g/mol. The smallest absolute Gasteiger partial charge is 0.253 e. The molecule has 0 fully saturated rings. The summed E-state index contributed by atoms with van der Waals surface area (Å²) in [7, 11) is 0. The van der Waals surface area contributed by atoms with Crippen molar-refractivity contribution in [3.63, 3.8) is 0 Å². The highest BCUT2D eigenvalue weighted by atomic mass is 32.2. The van der Waals surface area contributed by atoms with E-state index in [0.717, 1.165) is 8.68 Å². The number of hydrogen-bond donors (Lipinski definition) is 2. The third-order valence-corrected chi connectivity index (χ3v) is 6.04. The zero-order valence-corrected chi connectivity index (χ0v) is 16.7. The number of benzene rings is 1. The number of amides is 2. The van der Waals surface area contributed by atoms with E-state index in [1.165, 1.54) is 34.9 Å². The second kappa shape index (κ2) is 9.79. The van der Waals surface area contributed by atoms with E-state index in [0.29, 0.717) is 23.7 Å². The van der Waals surface area contributed by atoms with E-state index >= 15 is 0 Å². The third-order valence-electron chi connectivity index (χ3n) is 3.01. The second-order valence-electron chi connectivity index (χ2n) is 5.52. The number of nitrogens with one attached hydrogen (secondary N) is 2. The third kappa shape index (κ3) is 6.33. The maximum absolute atomic E-state index is 12.3. The minimum atomic E-state index is -0.189. The van der Waals surface area contributed by atoms with Crippen LogP contribution in [0.1, 0.15) is 24.2 Å². The number of thioether (sulfide) groups is 2. The van der Waals surface area contributed by atoms with E-state index in [9.17, 15) is 9.59 Å². The summed E-state index contributed by atoms with van der Waals surface area (Å²) in [4.78, 5) is 24.5. The van der Waals surface area contributed by atoms with Crippen LogP contribution < -0.4 is 10.6 Å². The summed E-state index contributed by atoms with van der Waals surface area (Å²) in [5.41, 5.74) is 0.971. The molecule has 2 rings (SSSR count). The zero-order valence-electron chi connectivity index (χ0n) is 14.2. The number of rotatable bonds is 8. The number of carbonyl (C=O) groups is 2. The Bertz CT molecular complexity index is 734. The van der Waals surface area contributed by atoms with Crippen molar-refractivity contribution in [1.82, 2.24) is 15.5 Å². The van der Waals surface area contributed by atoms with Gasteiger partial charge in [0.1, 0.15) is 0 Å². The van der Waals surface area contributed by atoms with Crippen molar-refractivity contribution in [2.45, 2.75) is 22.5 Å². The van der Waals surface area contributed by atoms with Crippen molar-refractivity contribution in [3.05, 3.63) is 29.8 Å². The van der Waals surface area contributed by atoms with Crippen LogP contribution >= 0.6 is 34.9 Å². The van der Waals surface area contributed by atoms with Crippen molar-refractivity contribution in [1.29, 1.82) is 0 Å². The van der Waals surface area contributed by atoms with E-state index in [2.05, 4.69) is 20.8 Å². The lowest BCUT2D eigenvalue weighted by Gasteiger charge is -2.12. The van der Waals surface area contributed by atoms with Gasteiger partial charge in [0.2, 0.25) is 5.91 Å². The molecule has 2 aromatic rings. The lowest BCUT2D eigenvalue weighted by Crippen LogP contribution is -2.28. The second-order valence-corrected chi connectivity index (χ2v) is 8.78. The first-order chi connectivity index (χ1) is 12.0. The predicted molar refractivity (Wildman–Crippen MR) is 105 cm³/mol. The van der Waals surface area contributed by atoms with Crippen LogP contribution in [0, 0.1) is 5.92 Å². The van der Waals surface area contributed by atoms with Crippen LogP contribution in [0.25, 0.3) is 0 Å². The quantitative estimate of drug-likeness (QED) is 0.666. The van der Waals surface area contributed by atoms with Crippen LogP contribution in [0.3, 0.4) is 0 Å². The molecule has 1 aromatic carbocycles. The number of para-hydroxylation sites is 1. The standard InChI is InChI=1S/C16H20N4O2S3/c1-10(2)8-17-14(22)11-6-4-5-7-12(11)18-13(21)9-24-16-20-19-15(23-3)25-16/h4-7,10H,8-9H2,1-3H3,(H,17,22)(H,18,21). The molecule has 25 heavy (non-hydrogen) atoms. The highest BCUT2D eigenvalue weighted by Gasteiger charge is 2.14. The Balaban J connectivity index is 1.94. The maximum Gasteiger partial charge on any atom is 0.253 e. The molecule has 1 heterocycles. The molecular weight excluding hydrogens is 376 g/mol.